The summed E-state index contributed by atoms with van der Waals surface area (Å²) < 4.78 is 25.7. The highest BCUT2D eigenvalue weighted by atomic mass is 19.1. The van der Waals surface area contributed by atoms with Crippen LogP contribution in [-0.4, -0.2) is 37.1 Å². The largest absolute Gasteiger partial charge is 0.481 e. The molecule has 198 valence electrons. The molecule has 2 aliphatic rings. The van der Waals surface area contributed by atoms with E-state index < -0.39 is 17.7 Å². The number of aromatic nitrogens is 4. The van der Waals surface area contributed by atoms with Crippen molar-refractivity contribution in [1.29, 1.82) is 0 Å². The lowest BCUT2D eigenvalue weighted by Crippen LogP contribution is -2.47. The lowest BCUT2D eigenvalue weighted by molar-refractivity contribution is -0.145. The van der Waals surface area contributed by atoms with Crippen molar-refractivity contribution in [2.75, 3.05) is 5.32 Å². The first kappa shape index (κ1) is 23.6. The molecule has 10 heteroatoms. The summed E-state index contributed by atoms with van der Waals surface area (Å²) in [5, 5.41) is 14.1. The van der Waals surface area contributed by atoms with Crippen molar-refractivity contribution in [3.63, 3.8) is 0 Å². The lowest BCUT2D eigenvalue weighted by atomic mass is 9.65. The molecular weight excluding hydrogens is 501 g/mol. The quantitative estimate of drug-likeness (QED) is 0.232. The smallest absolute Gasteiger partial charge is 0.308 e. The van der Waals surface area contributed by atoms with Gasteiger partial charge in [-0.2, -0.15) is 0 Å². The zero-order valence-corrected chi connectivity index (χ0v) is 20.9. The van der Waals surface area contributed by atoms with Crippen LogP contribution in [0.15, 0.2) is 63.9 Å². The predicted molar refractivity (Wildman–Crippen MR) is 141 cm³/mol. The Balaban J connectivity index is 1.32. The van der Waals surface area contributed by atoms with Gasteiger partial charge in [-0.15, -0.1) is 0 Å². The van der Waals surface area contributed by atoms with Crippen LogP contribution >= 0.6 is 0 Å². The van der Waals surface area contributed by atoms with Crippen molar-refractivity contribution < 1.29 is 23.1 Å². The highest BCUT2D eigenvalue weighted by molar-refractivity contribution is 5.92. The van der Waals surface area contributed by atoms with Crippen LogP contribution in [-0.2, 0) is 4.79 Å². The van der Waals surface area contributed by atoms with Crippen molar-refractivity contribution in [1.82, 2.24) is 19.9 Å². The van der Waals surface area contributed by atoms with E-state index in [2.05, 4.69) is 15.3 Å². The molecule has 3 N–H and O–H groups in total. The standard InChI is InChI=1S/C29H26FN5O4/c30-17-11-18-20(14-32-27(18)31-13-17)28-33-21(22-6-7-24(39-22)23-5-2-8-38-23)12-25(35-28)34-26-16-4-1-3-15(9-16)10-19(26)29(36)37/h2,5-8,11-16,19,26H,1,3-4,9-10H2,(H,31,32)(H,36,37)(H,33,34,35). The molecule has 2 aliphatic carbocycles. The summed E-state index contributed by atoms with van der Waals surface area (Å²) in [4.78, 5) is 29.0. The van der Waals surface area contributed by atoms with Gasteiger partial charge in [-0.25, -0.2) is 19.3 Å². The van der Waals surface area contributed by atoms with E-state index in [-0.39, 0.29) is 12.0 Å². The molecule has 4 unspecified atom stereocenters. The first-order valence-corrected chi connectivity index (χ1v) is 13.2. The van der Waals surface area contributed by atoms with Gasteiger partial charge >= 0.3 is 5.97 Å². The third kappa shape index (κ3) is 4.35. The van der Waals surface area contributed by atoms with Gasteiger partial charge in [-0.05, 0) is 61.4 Å². The third-order valence-corrected chi connectivity index (χ3v) is 8.07. The second-order valence-corrected chi connectivity index (χ2v) is 10.5. The SMILES string of the molecule is O=C(O)C1CC2CCCC(C2)C1Nc1cc(-c2ccc(-c3ccco3)o2)nc(-c2c[nH]c3ncc(F)cc23)n1. The number of fused-ring (bicyclic) bond motifs is 3. The normalized spacial score (nSPS) is 22.7. The minimum atomic E-state index is -0.786. The summed E-state index contributed by atoms with van der Waals surface area (Å²) in [5.74, 6) is 1.41. The van der Waals surface area contributed by atoms with Gasteiger partial charge in [0.2, 0.25) is 0 Å². The monoisotopic (exact) mass is 527 g/mol. The number of H-pyrrole nitrogens is 1. The Morgan fingerprint density at radius 2 is 2.00 bits per heavy atom. The van der Waals surface area contributed by atoms with E-state index in [0.717, 1.165) is 31.9 Å². The van der Waals surface area contributed by atoms with Crippen LogP contribution in [0.4, 0.5) is 10.2 Å². The summed E-state index contributed by atoms with van der Waals surface area (Å²) in [6.45, 7) is 0. The lowest BCUT2D eigenvalue weighted by Gasteiger charge is -2.44. The van der Waals surface area contributed by atoms with Crippen LogP contribution < -0.4 is 5.32 Å². The van der Waals surface area contributed by atoms with Crippen LogP contribution in [0.3, 0.4) is 0 Å². The number of rotatable bonds is 6. The van der Waals surface area contributed by atoms with Crippen molar-refractivity contribution in [2.45, 2.75) is 38.1 Å². The van der Waals surface area contributed by atoms with Gasteiger partial charge in [0.1, 0.15) is 23.0 Å². The minimum absolute atomic E-state index is 0.251. The number of hydrogen-bond acceptors (Lipinski definition) is 7. The summed E-state index contributed by atoms with van der Waals surface area (Å²) in [6, 6.07) is 10.1. The molecule has 0 amide bonds. The maximum atomic E-state index is 14.1. The average Bonchev–Trinajstić information content (AvgIpc) is 3.70. The Bertz CT molecular complexity index is 1660. The van der Waals surface area contributed by atoms with E-state index in [1.807, 2.05) is 0 Å². The molecule has 2 fully saturated rings. The van der Waals surface area contributed by atoms with E-state index in [9.17, 15) is 14.3 Å². The summed E-state index contributed by atoms with van der Waals surface area (Å²) in [5.41, 5.74) is 1.60. The number of carbonyl (C=O) groups is 1. The van der Waals surface area contributed by atoms with Gasteiger partial charge in [0.15, 0.2) is 23.1 Å². The van der Waals surface area contributed by atoms with Gasteiger partial charge in [0.05, 0.1) is 18.4 Å². The number of furan rings is 2. The molecule has 0 aliphatic heterocycles. The highest BCUT2D eigenvalue weighted by Crippen LogP contribution is 2.44. The summed E-state index contributed by atoms with van der Waals surface area (Å²) in [6.07, 6.45) is 9.29. The van der Waals surface area contributed by atoms with Gasteiger partial charge in [0, 0.05) is 29.3 Å². The summed E-state index contributed by atoms with van der Waals surface area (Å²) >= 11 is 0. The number of nitrogens with one attached hydrogen (secondary N) is 2. The first-order valence-electron chi connectivity index (χ1n) is 13.2. The van der Waals surface area contributed by atoms with E-state index in [0.29, 0.717) is 63.6 Å². The van der Waals surface area contributed by atoms with Crippen molar-refractivity contribution in [3.8, 4) is 34.4 Å². The number of pyridine rings is 1. The number of anilines is 1. The predicted octanol–water partition coefficient (Wildman–Crippen LogP) is 6.37. The molecule has 2 bridgehead atoms. The molecule has 7 rings (SSSR count). The number of halogens is 1. The topological polar surface area (TPSA) is 130 Å². The zero-order valence-electron chi connectivity index (χ0n) is 20.9. The maximum absolute atomic E-state index is 14.1. The maximum Gasteiger partial charge on any atom is 0.308 e. The number of nitrogens with zero attached hydrogens (tertiary/aromatic N) is 3. The van der Waals surface area contributed by atoms with Gasteiger partial charge in [0.25, 0.3) is 0 Å². The van der Waals surface area contributed by atoms with Crippen LogP contribution in [0.5, 0.6) is 0 Å². The first-order chi connectivity index (χ1) is 19.0. The molecule has 5 aromatic heterocycles. The van der Waals surface area contributed by atoms with Gasteiger partial charge < -0.3 is 24.2 Å². The van der Waals surface area contributed by atoms with E-state index in [4.69, 9.17) is 18.8 Å². The van der Waals surface area contributed by atoms with Gasteiger partial charge in [-0.1, -0.05) is 12.8 Å². The molecule has 5 heterocycles. The van der Waals surface area contributed by atoms with Crippen molar-refractivity contribution >= 4 is 22.8 Å². The molecule has 0 aromatic carbocycles. The molecule has 4 atom stereocenters. The number of hydrogen-bond donors (Lipinski definition) is 3. The molecule has 9 nitrogen and oxygen atoms in total. The van der Waals surface area contributed by atoms with Crippen LogP contribution in [0, 0.1) is 23.6 Å². The second-order valence-electron chi connectivity index (χ2n) is 10.5. The fourth-order valence-electron chi connectivity index (χ4n) is 6.31. The van der Waals surface area contributed by atoms with Crippen LogP contribution in [0.1, 0.15) is 32.1 Å². The molecule has 0 spiro atoms. The highest BCUT2D eigenvalue weighted by Gasteiger charge is 2.43. The number of aliphatic carboxylic acids is 1. The van der Waals surface area contributed by atoms with Crippen molar-refractivity contribution in [3.05, 3.63) is 60.9 Å². The fourth-order valence-corrected chi connectivity index (χ4v) is 6.31. The van der Waals surface area contributed by atoms with E-state index in [1.54, 1.807) is 42.8 Å². The van der Waals surface area contributed by atoms with Gasteiger partial charge in [-0.3, -0.25) is 4.79 Å². The zero-order chi connectivity index (χ0) is 26.5. The molecule has 0 radical (unpaired) electrons. The molecule has 39 heavy (non-hydrogen) atoms. The van der Waals surface area contributed by atoms with E-state index >= 15 is 0 Å². The Labute approximate surface area is 222 Å². The number of carboxylic acid groups (broad SMARTS) is 1. The Morgan fingerprint density at radius 3 is 2.85 bits per heavy atom. The van der Waals surface area contributed by atoms with Crippen LogP contribution in [0.25, 0.3) is 45.4 Å². The average molecular weight is 528 g/mol. The second kappa shape index (κ2) is 9.37. The minimum Gasteiger partial charge on any atom is -0.481 e. The molecule has 0 saturated heterocycles. The Hall–Kier alpha value is -4.47. The van der Waals surface area contributed by atoms with Crippen LogP contribution in [0.2, 0.25) is 0 Å². The molecule has 2 saturated carbocycles. The number of aromatic amines is 1. The number of carboxylic acids is 1. The third-order valence-electron chi connectivity index (χ3n) is 8.07. The van der Waals surface area contributed by atoms with Crippen molar-refractivity contribution in [2.24, 2.45) is 17.8 Å². The Kier molecular flexibility index (Phi) is 5.68. The fraction of sp³-hybridized carbons (Fsp3) is 0.310. The molecule has 5 aromatic rings. The Morgan fingerprint density at radius 1 is 1.10 bits per heavy atom. The summed E-state index contributed by atoms with van der Waals surface area (Å²) in [7, 11) is 0. The molecular formula is C29H26FN5O4. The van der Waals surface area contributed by atoms with E-state index in [1.165, 1.54) is 6.07 Å².